The number of aromatic nitrogens is 7. The third-order valence-electron chi connectivity index (χ3n) is 4.93. The van der Waals surface area contributed by atoms with E-state index in [4.69, 9.17) is 16.4 Å². The van der Waals surface area contributed by atoms with E-state index in [2.05, 4.69) is 25.1 Å². The lowest BCUT2D eigenvalue weighted by Crippen LogP contribution is -2.41. The van der Waals surface area contributed by atoms with Crippen LogP contribution in [0.4, 0.5) is 14.6 Å². The quantitative estimate of drug-likeness (QED) is 0.466. The van der Waals surface area contributed by atoms with Gasteiger partial charge in [0.2, 0.25) is 5.95 Å². The van der Waals surface area contributed by atoms with Crippen molar-refractivity contribution in [1.82, 2.24) is 34.3 Å². The van der Waals surface area contributed by atoms with Gasteiger partial charge in [0.25, 0.3) is 0 Å². The van der Waals surface area contributed by atoms with Crippen molar-refractivity contribution in [2.24, 2.45) is 0 Å². The van der Waals surface area contributed by atoms with Crippen LogP contribution in [-0.4, -0.2) is 40.3 Å². The fourth-order valence-electron chi connectivity index (χ4n) is 3.66. The molecule has 0 amide bonds. The number of nitrogens with zero attached hydrogens (tertiary/aromatic N) is 8. The number of anilines is 1. The molecular weight excluding hydrogens is 414 g/mol. The van der Waals surface area contributed by atoms with Crippen molar-refractivity contribution >= 4 is 5.82 Å². The molecule has 1 aromatic carbocycles. The highest BCUT2D eigenvalue weighted by Crippen LogP contribution is 2.40. The zero-order valence-corrected chi connectivity index (χ0v) is 16.4. The van der Waals surface area contributed by atoms with Crippen LogP contribution in [0.5, 0.6) is 0 Å². The molecule has 1 aliphatic heterocycles. The Morgan fingerprint density at radius 2 is 2.00 bits per heavy atom. The molecule has 4 aromatic rings. The van der Waals surface area contributed by atoms with Gasteiger partial charge in [0.05, 0.1) is 13.1 Å². The van der Waals surface area contributed by atoms with Crippen LogP contribution >= 0.6 is 0 Å². The maximum atomic E-state index is 14.1. The number of aryl methyl sites for hydroxylation is 1. The predicted molar refractivity (Wildman–Crippen MR) is 115 cm³/mol. The van der Waals surface area contributed by atoms with E-state index in [9.17, 15) is 8.78 Å². The Labute approximate surface area is 200 Å². The fraction of sp³-hybridized carbons (Fsp3) is 0.318. The van der Waals surface area contributed by atoms with E-state index in [1.54, 1.807) is 0 Å². The normalized spacial score (nSPS) is 22.7. The number of fused-ring (bicyclic) bond motifs is 3. The maximum Gasteiger partial charge on any atom is 0.237 e. The van der Waals surface area contributed by atoms with Crippen molar-refractivity contribution in [3.8, 4) is 23.0 Å². The number of halogens is 2. The molecule has 32 heavy (non-hydrogen) atoms. The first-order chi connectivity index (χ1) is 20.1. The van der Waals surface area contributed by atoms with Gasteiger partial charge in [-0.2, -0.15) is 4.98 Å². The van der Waals surface area contributed by atoms with E-state index in [0.29, 0.717) is 6.07 Å². The zero-order valence-electron chi connectivity index (χ0n) is 28.4. The van der Waals surface area contributed by atoms with Gasteiger partial charge in [0.1, 0.15) is 29.5 Å². The van der Waals surface area contributed by atoms with Crippen molar-refractivity contribution in [2.45, 2.75) is 45.9 Å². The molecule has 1 atom stereocenters. The highest BCUT2D eigenvalue weighted by atomic mass is 19.1. The van der Waals surface area contributed by atoms with Crippen LogP contribution < -0.4 is 4.90 Å². The van der Waals surface area contributed by atoms with Crippen LogP contribution in [0.1, 0.15) is 60.9 Å². The van der Waals surface area contributed by atoms with Crippen molar-refractivity contribution in [3.05, 3.63) is 60.1 Å². The van der Waals surface area contributed by atoms with Gasteiger partial charge in [-0.05, 0) is 39.1 Å². The number of hydrogen-bond acceptors (Lipinski definition) is 6. The molecule has 0 bridgehead atoms. The first kappa shape index (κ1) is 10.8. The van der Waals surface area contributed by atoms with Crippen LogP contribution in [0.15, 0.2) is 36.9 Å². The monoisotopic (exact) mass is 448 g/mol. The van der Waals surface area contributed by atoms with Gasteiger partial charge in [-0.1, -0.05) is 6.85 Å². The lowest BCUT2D eigenvalue weighted by atomic mass is 10.1. The second-order valence-corrected chi connectivity index (χ2v) is 6.88. The largest absolute Gasteiger partial charge is 0.342 e. The minimum atomic E-state index is -3.72. The van der Waals surface area contributed by atoms with Gasteiger partial charge in [-0.25, -0.2) is 18.7 Å². The molecule has 0 saturated carbocycles. The van der Waals surface area contributed by atoms with Gasteiger partial charge >= 0.3 is 0 Å². The van der Waals surface area contributed by atoms with E-state index in [1.807, 2.05) is 0 Å². The fourth-order valence-corrected chi connectivity index (χ4v) is 3.66. The van der Waals surface area contributed by atoms with Gasteiger partial charge in [-0.3, -0.25) is 9.13 Å². The lowest BCUT2D eigenvalue weighted by Gasteiger charge is -2.40. The molecule has 10 heteroatoms. The summed E-state index contributed by atoms with van der Waals surface area (Å²) in [7, 11) is 0. The molecule has 0 radical (unpaired) electrons. The number of imidazole rings is 1. The average Bonchev–Trinajstić information content (AvgIpc) is 3.54. The summed E-state index contributed by atoms with van der Waals surface area (Å²) in [5.41, 5.74) is -0.205. The molecule has 0 saturated heterocycles. The van der Waals surface area contributed by atoms with Crippen LogP contribution in [-0.2, 0) is 0 Å². The Hall–Kier alpha value is -3.69. The third-order valence-corrected chi connectivity index (χ3v) is 4.93. The molecule has 5 rings (SSSR count). The summed E-state index contributed by atoms with van der Waals surface area (Å²) in [6.45, 7) is -9.55. The first-order valence-electron chi connectivity index (χ1n) is 15.2. The summed E-state index contributed by atoms with van der Waals surface area (Å²) >= 11 is 0. The summed E-state index contributed by atoms with van der Waals surface area (Å²) in [6, 6.07) is -3.48. The van der Waals surface area contributed by atoms with E-state index >= 15 is 0 Å². The second kappa shape index (κ2) is 7.47. The SMILES string of the molecule is [2H]C([2H])([2H])C([2H])([2H])[C@@H]1c2nncn2-c2c(C)nc(-n3ccnc3-c3cc(F)cc(F)c3)nc2N1C([2H])(C([2H])([2H])[2H])C([2H])([2H])[2H]. The topological polar surface area (TPSA) is 77.5 Å². The predicted octanol–water partition coefficient (Wildman–Crippen LogP) is 4.18. The zero-order chi connectivity index (χ0) is 32.8. The minimum Gasteiger partial charge on any atom is -0.342 e. The molecule has 3 aromatic heterocycles. The van der Waals surface area contributed by atoms with E-state index in [1.165, 1.54) is 19.3 Å². The van der Waals surface area contributed by atoms with Gasteiger partial charge in [0.15, 0.2) is 11.6 Å². The van der Waals surface area contributed by atoms with Crippen LogP contribution in [0, 0.1) is 18.6 Å². The third kappa shape index (κ3) is 3.05. The highest BCUT2D eigenvalue weighted by Gasteiger charge is 2.36. The molecule has 4 heterocycles. The number of rotatable bonds is 4. The number of hydrogen-bond donors (Lipinski definition) is 0. The lowest BCUT2D eigenvalue weighted by molar-refractivity contribution is 0.496. The molecule has 1 aliphatic rings. The van der Waals surface area contributed by atoms with Crippen molar-refractivity contribution in [1.29, 1.82) is 0 Å². The molecule has 0 N–H and O–H groups in total. The molecule has 0 spiro atoms. The summed E-state index contributed by atoms with van der Waals surface area (Å²) in [6.07, 6.45) is 0.147. The Bertz CT molecular complexity index is 1710. The molecule has 0 unspecified atom stereocenters. The molecule has 164 valence electrons. The van der Waals surface area contributed by atoms with Crippen LogP contribution in [0.2, 0.25) is 0 Å². The Morgan fingerprint density at radius 3 is 2.75 bits per heavy atom. The van der Waals surface area contributed by atoms with E-state index in [-0.39, 0.29) is 33.6 Å². The number of benzene rings is 1. The van der Waals surface area contributed by atoms with Crippen LogP contribution in [0.25, 0.3) is 23.0 Å². The molecule has 0 aliphatic carbocycles. The smallest absolute Gasteiger partial charge is 0.237 e. The Balaban J connectivity index is 1.89. The minimum absolute atomic E-state index is 0.00690. The van der Waals surface area contributed by atoms with Gasteiger partial charge in [-0.15, -0.1) is 10.2 Å². The standard InChI is InChI=1S/C22H22F2N8/c1-5-17-20-29-26-11-31(20)18-13(4)27-22(28-21(18)32(17)12(2)3)30-7-6-25-19(30)14-8-15(23)10-16(24)9-14/h6-12,17H,5H2,1-4H3/t17-/m1/s1/i1D3,2D3,3D3,5D2,12D. The van der Waals surface area contributed by atoms with Gasteiger partial charge < -0.3 is 4.90 Å². The second-order valence-electron chi connectivity index (χ2n) is 6.88. The summed E-state index contributed by atoms with van der Waals surface area (Å²) < 4.78 is 129. The highest BCUT2D eigenvalue weighted by molar-refractivity contribution is 5.66. The van der Waals surface area contributed by atoms with Crippen molar-refractivity contribution in [3.63, 3.8) is 0 Å². The summed E-state index contributed by atoms with van der Waals surface area (Å²) in [4.78, 5) is 13.1. The van der Waals surface area contributed by atoms with E-state index < -0.39 is 62.3 Å². The first-order valence-corrected chi connectivity index (χ1v) is 9.19. The Kier molecular flexibility index (Phi) is 2.51. The Morgan fingerprint density at radius 1 is 1.19 bits per heavy atom. The van der Waals surface area contributed by atoms with Crippen molar-refractivity contribution < 1.29 is 25.2 Å². The maximum absolute atomic E-state index is 14.1. The summed E-state index contributed by atoms with van der Waals surface area (Å²) in [5, 5.41) is 7.54. The average molecular weight is 449 g/mol. The van der Waals surface area contributed by atoms with Gasteiger partial charge in [0, 0.05) is 45.1 Å². The molecule has 0 fully saturated rings. The molecular formula is C22H22F2N8. The summed E-state index contributed by atoms with van der Waals surface area (Å²) in [5.74, 6) is -3.45. The van der Waals surface area contributed by atoms with E-state index in [0.717, 1.165) is 27.6 Å². The van der Waals surface area contributed by atoms with Crippen molar-refractivity contribution in [2.75, 3.05) is 4.90 Å². The molecule has 8 nitrogen and oxygen atoms in total. The van der Waals surface area contributed by atoms with Crippen LogP contribution in [0.3, 0.4) is 0 Å².